The van der Waals surface area contributed by atoms with Crippen molar-refractivity contribution in [2.45, 2.75) is 76.9 Å². The molecule has 192 valence electrons. The summed E-state index contributed by atoms with van der Waals surface area (Å²) in [5.41, 5.74) is 0.129. The van der Waals surface area contributed by atoms with E-state index in [4.69, 9.17) is 9.39 Å². The van der Waals surface area contributed by atoms with Gasteiger partial charge in [0.05, 0.1) is 11.5 Å². The molecular formula is C24H36BN3O7. The first-order valence-electron chi connectivity index (χ1n) is 12.2. The first-order chi connectivity index (χ1) is 16.5. The predicted molar refractivity (Wildman–Crippen MR) is 130 cm³/mol. The van der Waals surface area contributed by atoms with Gasteiger partial charge in [0.1, 0.15) is 11.4 Å². The monoisotopic (exact) mass is 489 g/mol. The quantitative estimate of drug-likeness (QED) is 0.275. The van der Waals surface area contributed by atoms with Crippen LogP contribution in [-0.4, -0.2) is 65.9 Å². The summed E-state index contributed by atoms with van der Waals surface area (Å²) in [4.78, 5) is 35.7. The summed E-state index contributed by atoms with van der Waals surface area (Å²) in [6, 6.07) is 5.14. The van der Waals surface area contributed by atoms with Crippen LogP contribution in [0.1, 0.15) is 68.8 Å². The van der Waals surface area contributed by atoms with Crippen molar-refractivity contribution in [2.75, 3.05) is 13.1 Å². The zero-order valence-corrected chi connectivity index (χ0v) is 20.6. The lowest BCUT2D eigenvalue weighted by Crippen LogP contribution is -2.53. The third-order valence-corrected chi connectivity index (χ3v) is 6.24. The zero-order valence-electron chi connectivity index (χ0n) is 20.6. The molecule has 1 atom stereocenters. The summed E-state index contributed by atoms with van der Waals surface area (Å²) in [7, 11) is -1.30. The van der Waals surface area contributed by atoms with Gasteiger partial charge in [-0.1, -0.05) is 12.1 Å². The minimum Gasteiger partial charge on any atom is -0.534 e. The van der Waals surface area contributed by atoms with Gasteiger partial charge in [0.2, 0.25) is 5.91 Å². The van der Waals surface area contributed by atoms with Crippen LogP contribution in [0.5, 0.6) is 5.75 Å². The van der Waals surface area contributed by atoms with Gasteiger partial charge >= 0.3 is 19.2 Å². The van der Waals surface area contributed by atoms with Crippen molar-refractivity contribution in [1.29, 1.82) is 0 Å². The molecular weight excluding hydrogens is 453 g/mol. The van der Waals surface area contributed by atoms with E-state index in [1.165, 1.54) is 6.07 Å². The fourth-order valence-electron chi connectivity index (χ4n) is 4.57. The summed E-state index contributed by atoms with van der Waals surface area (Å²) in [6.07, 6.45) is 3.98. The number of carbonyl (C=O) groups is 3. The van der Waals surface area contributed by atoms with Crippen molar-refractivity contribution in [2.24, 2.45) is 5.92 Å². The maximum absolute atomic E-state index is 12.6. The van der Waals surface area contributed by atoms with Crippen LogP contribution in [0, 0.1) is 5.92 Å². The Labute approximate surface area is 206 Å². The van der Waals surface area contributed by atoms with Gasteiger partial charge in [-0.15, -0.1) is 0 Å². The van der Waals surface area contributed by atoms with Crippen LogP contribution < -0.4 is 20.6 Å². The minimum absolute atomic E-state index is 0.00248. The van der Waals surface area contributed by atoms with Crippen LogP contribution in [0.15, 0.2) is 18.2 Å². The van der Waals surface area contributed by atoms with E-state index < -0.39 is 30.7 Å². The fraction of sp³-hybridized carbons (Fsp3) is 0.625. The molecule has 1 aliphatic heterocycles. The lowest BCUT2D eigenvalue weighted by Gasteiger charge is -2.31. The molecule has 1 aliphatic carbocycles. The maximum Gasteiger partial charge on any atom is 0.547 e. The van der Waals surface area contributed by atoms with Crippen molar-refractivity contribution in [3.8, 4) is 5.75 Å². The van der Waals surface area contributed by atoms with Crippen LogP contribution in [-0.2, 0) is 16.0 Å². The number of ether oxygens (including phenoxy) is 1. The van der Waals surface area contributed by atoms with E-state index in [1.54, 1.807) is 12.1 Å². The van der Waals surface area contributed by atoms with Crippen LogP contribution in [0.2, 0.25) is 0 Å². The third-order valence-electron chi connectivity index (χ3n) is 6.24. The molecule has 3 rings (SSSR count). The van der Waals surface area contributed by atoms with Gasteiger partial charge in [0, 0.05) is 25.6 Å². The van der Waals surface area contributed by atoms with Gasteiger partial charge < -0.3 is 35.5 Å². The maximum atomic E-state index is 12.6. The van der Waals surface area contributed by atoms with Crippen LogP contribution in [0.3, 0.4) is 0 Å². The number of aromatic carboxylic acids is 1. The summed E-state index contributed by atoms with van der Waals surface area (Å²) in [5.74, 6) is -1.48. The number of carboxylic acid groups (broad SMARTS) is 1. The number of amides is 2. The van der Waals surface area contributed by atoms with E-state index in [0.29, 0.717) is 37.5 Å². The number of benzene rings is 1. The van der Waals surface area contributed by atoms with Gasteiger partial charge in [-0.05, 0) is 70.4 Å². The van der Waals surface area contributed by atoms with E-state index >= 15 is 0 Å². The van der Waals surface area contributed by atoms with Gasteiger partial charge in [0.25, 0.3) is 0 Å². The predicted octanol–water partition coefficient (Wildman–Crippen LogP) is 1.89. The number of para-hydroxylation sites is 1. The largest absolute Gasteiger partial charge is 0.547 e. The Morgan fingerprint density at radius 1 is 1.14 bits per heavy atom. The van der Waals surface area contributed by atoms with Crippen molar-refractivity contribution < 1.29 is 33.9 Å². The summed E-state index contributed by atoms with van der Waals surface area (Å²) in [5, 5.41) is 28.7. The normalized spacial score (nSPS) is 21.9. The Kier molecular flexibility index (Phi) is 9.01. The highest BCUT2D eigenvalue weighted by Gasteiger charge is 2.38. The number of rotatable bonds is 8. The number of nitrogens with one attached hydrogen (secondary N) is 3. The number of hydrogen-bond donors (Lipinski definition) is 5. The van der Waals surface area contributed by atoms with Gasteiger partial charge in [-0.2, -0.15) is 0 Å². The highest BCUT2D eigenvalue weighted by Crippen LogP contribution is 2.31. The van der Waals surface area contributed by atoms with E-state index in [1.807, 2.05) is 20.8 Å². The second-order valence-electron chi connectivity index (χ2n) is 10.3. The molecule has 2 aliphatic rings. The Morgan fingerprint density at radius 3 is 2.51 bits per heavy atom. The molecule has 11 heteroatoms. The van der Waals surface area contributed by atoms with Crippen molar-refractivity contribution in [3.63, 3.8) is 0 Å². The molecule has 5 N–H and O–H groups in total. The van der Waals surface area contributed by atoms with E-state index in [0.717, 1.165) is 25.7 Å². The number of alkyl carbamates (subject to hydrolysis) is 1. The molecule has 0 bridgehead atoms. The molecule has 10 nitrogen and oxygen atoms in total. The minimum atomic E-state index is -1.30. The van der Waals surface area contributed by atoms with Crippen molar-refractivity contribution >= 4 is 25.1 Å². The second-order valence-corrected chi connectivity index (χ2v) is 10.3. The first-order valence-corrected chi connectivity index (χ1v) is 12.2. The first kappa shape index (κ1) is 26.8. The molecule has 0 radical (unpaired) electrons. The molecule has 0 spiro atoms. The van der Waals surface area contributed by atoms with Gasteiger partial charge in [-0.25, -0.2) is 9.59 Å². The number of fused-ring (bicyclic) bond motifs is 1. The van der Waals surface area contributed by atoms with Crippen LogP contribution in [0.4, 0.5) is 4.79 Å². The SMILES string of the molecule is CC(C)(C)OC(=O)NCCNC1CCC(CC(=O)N[C@H]2Cc3cccc(C(=O)O)c3OB2O)CC1. The zero-order chi connectivity index (χ0) is 25.6. The molecule has 35 heavy (non-hydrogen) atoms. The Balaban J connectivity index is 1.36. The number of hydrogen-bond acceptors (Lipinski definition) is 7. The molecule has 1 heterocycles. The Bertz CT molecular complexity index is 913. The molecule has 0 unspecified atom stereocenters. The van der Waals surface area contributed by atoms with Crippen LogP contribution in [0.25, 0.3) is 0 Å². The Morgan fingerprint density at radius 2 is 1.86 bits per heavy atom. The number of carboxylic acids is 1. The highest BCUT2D eigenvalue weighted by molar-refractivity contribution is 6.47. The molecule has 2 amide bonds. The van der Waals surface area contributed by atoms with Crippen molar-refractivity contribution in [3.05, 3.63) is 29.3 Å². The van der Waals surface area contributed by atoms with Crippen molar-refractivity contribution in [1.82, 2.24) is 16.0 Å². The van der Waals surface area contributed by atoms with Gasteiger partial charge in [0.15, 0.2) is 0 Å². The highest BCUT2D eigenvalue weighted by atomic mass is 16.6. The third kappa shape index (κ3) is 8.14. The molecule has 1 aromatic carbocycles. The molecule has 1 aromatic rings. The second kappa shape index (κ2) is 11.8. The average Bonchev–Trinajstić information content (AvgIpc) is 2.76. The van der Waals surface area contributed by atoms with Gasteiger partial charge in [-0.3, -0.25) is 4.79 Å². The fourth-order valence-corrected chi connectivity index (χ4v) is 4.57. The topological polar surface area (TPSA) is 146 Å². The Hall–Kier alpha value is -2.79. The number of carbonyl (C=O) groups excluding carboxylic acids is 2. The molecule has 0 saturated heterocycles. The average molecular weight is 489 g/mol. The molecule has 1 saturated carbocycles. The van der Waals surface area contributed by atoms with E-state index in [9.17, 15) is 24.5 Å². The van der Waals surface area contributed by atoms with E-state index in [2.05, 4.69) is 16.0 Å². The van der Waals surface area contributed by atoms with Crippen LogP contribution >= 0.6 is 0 Å². The lowest BCUT2D eigenvalue weighted by atomic mass is 9.72. The molecule has 0 aromatic heterocycles. The summed E-state index contributed by atoms with van der Waals surface area (Å²) < 4.78 is 10.7. The molecule has 1 fully saturated rings. The standard InChI is InChI=1S/C24H36BN3O7/c1-24(2,3)34-23(32)27-12-11-26-17-9-7-15(8-10-17)13-20(29)28-19-14-16-5-4-6-18(22(30)31)21(16)35-25(19)33/h4-6,15,17,19,26,33H,7-14H2,1-3H3,(H,27,32)(H,28,29)(H,30,31)/t15?,17?,19-/m0/s1. The van der Waals surface area contributed by atoms with E-state index in [-0.39, 0.29) is 23.1 Å². The smallest absolute Gasteiger partial charge is 0.534 e. The lowest BCUT2D eigenvalue weighted by molar-refractivity contribution is -0.122. The summed E-state index contributed by atoms with van der Waals surface area (Å²) in [6.45, 7) is 6.61. The summed E-state index contributed by atoms with van der Waals surface area (Å²) >= 11 is 0.